The molecule has 2 saturated heterocycles. The van der Waals surface area contributed by atoms with Crippen LogP contribution in [0.15, 0.2) is 24.3 Å². The molecule has 3 aliphatic rings. The van der Waals surface area contributed by atoms with E-state index in [2.05, 4.69) is 15.1 Å². The molecule has 24 heavy (non-hydrogen) atoms. The van der Waals surface area contributed by atoms with Gasteiger partial charge in [-0.15, -0.1) is 0 Å². The third-order valence-electron chi connectivity index (χ3n) is 5.90. The molecular weight excluding hydrogens is 305 g/mol. The van der Waals surface area contributed by atoms with E-state index in [-0.39, 0.29) is 11.8 Å². The van der Waals surface area contributed by atoms with Crippen LogP contribution in [0.4, 0.5) is 9.18 Å². The maximum atomic E-state index is 13.0. The van der Waals surface area contributed by atoms with E-state index >= 15 is 0 Å². The predicted molar refractivity (Wildman–Crippen MR) is 91.1 cm³/mol. The summed E-state index contributed by atoms with van der Waals surface area (Å²) >= 11 is 0. The van der Waals surface area contributed by atoms with E-state index in [1.54, 1.807) is 0 Å². The van der Waals surface area contributed by atoms with E-state index in [1.807, 2.05) is 12.1 Å². The number of urea groups is 1. The van der Waals surface area contributed by atoms with Gasteiger partial charge in [-0.2, -0.15) is 0 Å². The van der Waals surface area contributed by atoms with Gasteiger partial charge in [0.25, 0.3) is 0 Å². The Bertz CT molecular complexity index is 583. The lowest BCUT2D eigenvalue weighted by Gasteiger charge is -2.34. The van der Waals surface area contributed by atoms with Crippen molar-refractivity contribution in [2.24, 2.45) is 5.92 Å². The highest BCUT2D eigenvalue weighted by atomic mass is 19.1. The van der Waals surface area contributed by atoms with Gasteiger partial charge in [-0.1, -0.05) is 12.1 Å². The summed E-state index contributed by atoms with van der Waals surface area (Å²) in [6.45, 7) is 3.78. The molecule has 2 aliphatic heterocycles. The molecule has 2 heterocycles. The van der Waals surface area contributed by atoms with Gasteiger partial charge in [-0.25, -0.2) is 9.18 Å². The Morgan fingerprint density at radius 2 is 1.88 bits per heavy atom. The van der Waals surface area contributed by atoms with Crippen LogP contribution in [0, 0.1) is 11.7 Å². The van der Waals surface area contributed by atoms with Crippen molar-refractivity contribution in [1.82, 2.24) is 15.1 Å². The zero-order valence-corrected chi connectivity index (χ0v) is 14.1. The first-order valence-electron chi connectivity index (χ1n) is 9.21. The van der Waals surface area contributed by atoms with Crippen LogP contribution in [0.1, 0.15) is 37.7 Å². The summed E-state index contributed by atoms with van der Waals surface area (Å²) in [5, 5.41) is 3.25. The number of hydrogen-bond donors (Lipinski definition) is 1. The van der Waals surface area contributed by atoms with Gasteiger partial charge >= 0.3 is 6.03 Å². The molecule has 130 valence electrons. The first-order chi connectivity index (χ1) is 11.7. The lowest BCUT2D eigenvalue weighted by Crippen LogP contribution is -2.51. The van der Waals surface area contributed by atoms with Gasteiger partial charge in [0.05, 0.1) is 0 Å². The molecule has 4 rings (SSSR count). The third-order valence-corrected chi connectivity index (χ3v) is 5.90. The van der Waals surface area contributed by atoms with Crippen molar-refractivity contribution in [3.8, 4) is 0 Å². The topological polar surface area (TPSA) is 35.6 Å². The van der Waals surface area contributed by atoms with Crippen LogP contribution in [0.2, 0.25) is 0 Å². The Kier molecular flexibility index (Phi) is 4.44. The van der Waals surface area contributed by atoms with Crippen molar-refractivity contribution in [2.45, 2.75) is 50.7 Å². The number of hydrogen-bond acceptors (Lipinski definition) is 2. The van der Waals surface area contributed by atoms with Crippen LogP contribution in [0.25, 0.3) is 0 Å². The summed E-state index contributed by atoms with van der Waals surface area (Å²) in [6.07, 6.45) is 5.69. The van der Waals surface area contributed by atoms with Crippen molar-refractivity contribution in [3.05, 3.63) is 35.6 Å². The Labute approximate surface area is 143 Å². The molecular formula is C19H26FN3O. The highest BCUT2D eigenvalue weighted by molar-refractivity contribution is 5.75. The quantitative estimate of drug-likeness (QED) is 0.924. The van der Waals surface area contributed by atoms with Crippen LogP contribution in [-0.2, 0) is 6.54 Å². The number of carbonyl (C=O) groups is 1. The van der Waals surface area contributed by atoms with Gasteiger partial charge in [0, 0.05) is 38.3 Å². The second-order valence-corrected chi connectivity index (χ2v) is 7.61. The van der Waals surface area contributed by atoms with Crippen molar-refractivity contribution in [2.75, 3.05) is 19.6 Å². The van der Waals surface area contributed by atoms with Gasteiger partial charge in [0.2, 0.25) is 0 Å². The normalized spacial score (nSPS) is 27.6. The van der Waals surface area contributed by atoms with Crippen LogP contribution >= 0.6 is 0 Å². The zero-order valence-electron chi connectivity index (χ0n) is 14.1. The summed E-state index contributed by atoms with van der Waals surface area (Å²) in [7, 11) is 0. The zero-order chi connectivity index (χ0) is 16.5. The Hall–Kier alpha value is -1.62. The fourth-order valence-electron chi connectivity index (χ4n) is 4.51. The molecule has 3 fully saturated rings. The Morgan fingerprint density at radius 1 is 1.12 bits per heavy atom. The second kappa shape index (κ2) is 6.71. The fourth-order valence-corrected chi connectivity index (χ4v) is 4.51. The molecule has 0 spiro atoms. The smallest absolute Gasteiger partial charge is 0.317 e. The number of nitrogens with one attached hydrogen (secondary N) is 1. The molecule has 2 unspecified atom stereocenters. The van der Waals surface area contributed by atoms with E-state index in [0.29, 0.717) is 12.1 Å². The number of likely N-dealkylation sites (tertiary alicyclic amines) is 2. The monoisotopic (exact) mass is 331 g/mol. The number of piperidine rings is 2. The molecule has 1 aromatic rings. The fraction of sp³-hybridized carbons (Fsp3) is 0.632. The predicted octanol–water partition coefficient (Wildman–Crippen LogP) is 2.98. The number of amides is 2. The highest BCUT2D eigenvalue weighted by Crippen LogP contribution is 2.37. The Morgan fingerprint density at radius 3 is 2.50 bits per heavy atom. The molecule has 1 aliphatic carbocycles. The molecule has 1 saturated carbocycles. The van der Waals surface area contributed by atoms with E-state index in [9.17, 15) is 9.18 Å². The molecule has 0 aromatic heterocycles. The average Bonchev–Trinajstić information content (AvgIpc) is 3.22. The summed E-state index contributed by atoms with van der Waals surface area (Å²) in [4.78, 5) is 16.9. The van der Waals surface area contributed by atoms with E-state index in [4.69, 9.17) is 0 Å². The molecule has 1 N–H and O–H groups in total. The number of benzene rings is 1. The number of nitrogens with zero attached hydrogens (tertiary/aromatic N) is 2. The van der Waals surface area contributed by atoms with Gasteiger partial charge in [0.1, 0.15) is 5.82 Å². The van der Waals surface area contributed by atoms with Crippen LogP contribution in [0.5, 0.6) is 0 Å². The lowest BCUT2D eigenvalue weighted by atomic mass is 10.0. The summed E-state index contributed by atoms with van der Waals surface area (Å²) in [5.41, 5.74) is 1.15. The number of carbonyl (C=O) groups excluding carboxylic acids is 1. The first kappa shape index (κ1) is 15.9. The summed E-state index contributed by atoms with van der Waals surface area (Å²) < 4.78 is 13.0. The largest absolute Gasteiger partial charge is 0.335 e. The first-order valence-corrected chi connectivity index (χ1v) is 9.21. The minimum atomic E-state index is -0.184. The molecule has 5 heteroatoms. The van der Waals surface area contributed by atoms with Gasteiger partial charge in [-0.3, -0.25) is 4.90 Å². The summed E-state index contributed by atoms with van der Waals surface area (Å²) in [6, 6.07) is 7.68. The van der Waals surface area contributed by atoms with Gasteiger partial charge in [0.15, 0.2) is 0 Å². The maximum Gasteiger partial charge on any atom is 0.317 e. The van der Waals surface area contributed by atoms with Gasteiger partial charge < -0.3 is 10.2 Å². The van der Waals surface area contributed by atoms with Crippen LogP contribution in [0.3, 0.4) is 0 Å². The third kappa shape index (κ3) is 3.41. The molecule has 2 bridgehead atoms. The van der Waals surface area contributed by atoms with Crippen LogP contribution in [-0.4, -0.2) is 47.5 Å². The number of rotatable bonds is 3. The number of halogens is 1. The summed E-state index contributed by atoms with van der Waals surface area (Å²) in [5.74, 6) is 0.564. The minimum Gasteiger partial charge on any atom is -0.335 e. The SMILES string of the molecule is O=C(NC1CCN(Cc2ccc(F)cc2)CC1)N1CC2CCC1C2. The van der Waals surface area contributed by atoms with Crippen LogP contribution < -0.4 is 5.32 Å². The number of fused-ring (bicyclic) bond motifs is 2. The highest BCUT2D eigenvalue weighted by Gasteiger charge is 2.40. The molecule has 4 nitrogen and oxygen atoms in total. The van der Waals surface area contributed by atoms with Crippen molar-refractivity contribution < 1.29 is 9.18 Å². The standard InChI is InChI=1S/C19H26FN3O/c20-16-4-1-14(2-5-16)12-22-9-7-17(8-10-22)21-19(24)23-13-15-3-6-18(23)11-15/h1-2,4-5,15,17-18H,3,6-13H2,(H,21,24). The van der Waals surface area contributed by atoms with Crippen molar-refractivity contribution in [1.29, 1.82) is 0 Å². The molecule has 2 amide bonds. The van der Waals surface area contributed by atoms with E-state index in [0.717, 1.165) is 50.5 Å². The lowest BCUT2D eigenvalue weighted by molar-refractivity contribution is 0.159. The van der Waals surface area contributed by atoms with E-state index in [1.165, 1.54) is 31.4 Å². The van der Waals surface area contributed by atoms with E-state index < -0.39 is 0 Å². The minimum absolute atomic E-state index is 0.152. The maximum absolute atomic E-state index is 13.0. The van der Waals surface area contributed by atoms with Crippen molar-refractivity contribution in [3.63, 3.8) is 0 Å². The van der Waals surface area contributed by atoms with Crippen molar-refractivity contribution >= 4 is 6.03 Å². The molecule has 2 atom stereocenters. The Balaban J connectivity index is 1.23. The second-order valence-electron chi connectivity index (χ2n) is 7.61. The molecule has 0 radical (unpaired) electrons. The molecule has 1 aromatic carbocycles. The average molecular weight is 331 g/mol. The van der Waals surface area contributed by atoms with Gasteiger partial charge in [-0.05, 0) is 55.7 Å².